The van der Waals surface area contributed by atoms with Crippen molar-refractivity contribution in [1.29, 1.82) is 0 Å². The fourth-order valence-electron chi connectivity index (χ4n) is 1.79. The normalized spacial score (nSPS) is 11.1. The topological polar surface area (TPSA) is 64.1 Å². The van der Waals surface area contributed by atoms with Gasteiger partial charge in [-0.15, -0.1) is 0 Å². The molecule has 0 amide bonds. The summed E-state index contributed by atoms with van der Waals surface area (Å²) in [5.74, 6) is 0.776. The van der Waals surface area contributed by atoms with Gasteiger partial charge in [0.1, 0.15) is 0 Å². The summed E-state index contributed by atoms with van der Waals surface area (Å²) in [5, 5.41) is 10.0. The highest BCUT2D eigenvalue weighted by Gasteiger charge is 2.13. The Labute approximate surface area is 97.7 Å². The average Bonchev–Trinajstić information content (AvgIpc) is 2.99. The third kappa shape index (κ3) is 1.75. The van der Waals surface area contributed by atoms with E-state index in [4.69, 9.17) is 4.42 Å². The highest BCUT2D eigenvalue weighted by Crippen LogP contribution is 2.27. The molecule has 3 heterocycles. The van der Waals surface area contributed by atoms with Gasteiger partial charge in [0, 0.05) is 12.7 Å². The van der Waals surface area contributed by atoms with E-state index in [1.807, 2.05) is 6.07 Å². The van der Waals surface area contributed by atoms with Crippen LogP contribution in [0.15, 0.2) is 41.6 Å². The SMILES string of the molecule is Oc1c2ccnc-2ncn1CCc1ccoc1. The van der Waals surface area contributed by atoms with E-state index in [1.165, 1.54) is 0 Å². The molecule has 86 valence electrons. The van der Waals surface area contributed by atoms with E-state index in [1.54, 1.807) is 35.7 Å². The molecule has 2 aliphatic rings. The van der Waals surface area contributed by atoms with Gasteiger partial charge in [-0.05, 0) is 24.1 Å². The van der Waals surface area contributed by atoms with E-state index in [2.05, 4.69) is 9.97 Å². The number of hydrogen-bond donors (Lipinski definition) is 1. The third-order valence-electron chi connectivity index (χ3n) is 2.73. The molecule has 17 heavy (non-hydrogen) atoms. The summed E-state index contributed by atoms with van der Waals surface area (Å²) in [6.45, 7) is 0.652. The zero-order chi connectivity index (χ0) is 11.7. The van der Waals surface area contributed by atoms with Gasteiger partial charge in [-0.3, -0.25) is 0 Å². The van der Waals surface area contributed by atoms with E-state index >= 15 is 0 Å². The molecule has 0 unspecified atom stereocenters. The molecule has 0 saturated heterocycles. The van der Waals surface area contributed by atoms with Gasteiger partial charge in [-0.2, -0.15) is 0 Å². The van der Waals surface area contributed by atoms with Crippen molar-refractivity contribution in [3.8, 4) is 17.3 Å². The van der Waals surface area contributed by atoms with Crippen LogP contribution in [0.2, 0.25) is 0 Å². The van der Waals surface area contributed by atoms with Gasteiger partial charge in [-0.25, -0.2) is 9.97 Å². The fourth-order valence-corrected chi connectivity index (χ4v) is 1.79. The maximum atomic E-state index is 10.0. The van der Waals surface area contributed by atoms with Crippen LogP contribution in [-0.2, 0) is 13.0 Å². The summed E-state index contributed by atoms with van der Waals surface area (Å²) in [6.07, 6.45) is 7.37. The molecule has 5 nitrogen and oxygen atoms in total. The Hall–Kier alpha value is -2.30. The van der Waals surface area contributed by atoms with Crippen molar-refractivity contribution in [1.82, 2.24) is 14.5 Å². The minimum Gasteiger partial charge on any atom is -0.494 e. The molecule has 0 bridgehead atoms. The first-order chi connectivity index (χ1) is 8.34. The summed E-state index contributed by atoms with van der Waals surface area (Å²) >= 11 is 0. The lowest BCUT2D eigenvalue weighted by Crippen LogP contribution is -2.05. The molecular formula is C12H11N3O2. The van der Waals surface area contributed by atoms with Gasteiger partial charge in [0.05, 0.1) is 24.4 Å². The number of aromatic hydroxyl groups is 1. The second kappa shape index (κ2) is 3.93. The van der Waals surface area contributed by atoms with Crippen LogP contribution < -0.4 is 0 Å². The summed E-state index contributed by atoms with van der Waals surface area (Å²) in [5.41, 5.74) is 1.78. The van der Waals surface area contributed by atoms with Crippen molar-refractivity contribution in [2.75, 3.05) is 0 Å². The molecular weight excluding hydrogens is 218 g/mol. The lowest BCUT2D eigenvalue weighted by molar-refractivity contribution is 0.409. The predicted octanol–water partition coefficient (Wildman–Crippen LogP) is 1.92. The van der Waals surface area contributed by atoms with E-state index in [-0.39, 0.29) is 5.88 Å². The van der Waals surface area contributed by atoms with Gasteiger partial charge in [0.15, 0.2) is 5.82 Å². The lowest BCUT2D eigenvalue weighted by atomic mass is 10.2. The number of aromatic nitrogens is 3. The monoisotopic (exact) mass is 229 g/mol. The molecule has 0 spiro atoms. The molecule has 1 aromatic heterocycles. The molecule has 0 atom stereocenters. The van der Waals surface area contributed by atoms with Gasteiger partial charge >= 0.3 is 0 Å². The highest BCUT2D eigenvalue weighted by molar-refractivity contribution is 5.62. The van der Waals surface area contributed by atoms with Gasteiger partial charge in [0.2, 0.25) is 5.88 Å². The quantitative estimate of drug-likeness (QED) is 0.745. The predicted molar refractivity (Wildman–Crippen MR) is 60.7 cm³/mol. The van der Waals surface area contributed by atoms with Gasteiger partial charge in [-0.1, -0.05) is 0 Å². The van der Waals surface area contributed by atoms with Gasteiger partial charge in [0.25, 0.3) is 0 Å². The van der Waals surface area contributed by atoms with E-state index in [0.717, 1.165) is 12.0 Å². The summed E-state index contributed by atoms with van der Waals surface area (Å²) in [4.78, 5) is 8.20. The second-order valence-corrected chi connectivity index (χ2v) is 3.83. The van der Waals surface area contributed by atoms with Crippen molar-refractivity contribution in [3.63, 3.8) is 0 Å². The van der Waals surface area contributed by atoms with Crippen LogP contribution in [0.25, 0.3) is 11.4 Å². The molecule has 0 fully saturated rings. The Balaban J connectivity index is 1.86. The Kier molecular flexibility index (Phi) is 2.29. The first kappa shape index (κ1) is 9.89. The number of furan rings is 1. The smallest absolute Gasteiger partial charge is 0.203 e. The molecule has 2 aliphatic heterocycles. The molecule has 1 aromatic rings. The van der Waals surface area contributed by atoms with Crippen LogP contribution in [-0.4, -0.2) is 19.6 Å². The van der Waals surface area contributed by atoms with Crippen LogP contribution in [0.5, 0.6) is 5.88 Å². The first-order valence-electron chi connectivity index (χ1n) is 5.34. The standard InChI is InChI=1S/C12H11N3O2/c16-12-10-1-4-13-11(10)14-8-15(12)5-2-9-3-6-17-7-9/h1,3-4,6-8,16H,2,5H2. The zero-order valence-corrected chi connectivity index (χ0v) is 9.08. The van der Waals surface area contributed by atoms with Crippen molar-refractivity contribution >= 4 is 0 Å². The maximum absolute atomic E-state index is 10.0. The second-order valence-electron chi connectivity index (χ2n) is 3.83. The van der Waals surface area contributed by atoms with Gasteiger partial charge < -0.3 is 14.1 Å². The Morgan fingerprint density at radius 2 is 2.24 bits per heavy atom. The first-order valence-corrected chi connectivity index (χ1v) is 5.34. The Morgan fingerprint density at radius 3 is 3.06 bits per heavy atom. The van der Waals surface area contributed by atoms with Crippen molar-refractivity contribution < 1.29 is 9.52 Å². The molecule has 0 aromatic carbocycles. The van der Waals surface area contributed by atoms with Crippen molar-refractivity contribution in [3.05, 3.63) is 42.7 Å². The molecule has 0 radical (unpaired) electrons. The molecule has 0 aliphatic carbocycles. The molecule has 5 heteroatoms. The number of fused-ring (bicyclic) bond motifs is 1. The highest BCUT2D eigenvalue weighted by atomic mass is 16.3. The van der Waals surface area contributed by atoms with Crippen LogP contribution in [0, 0.1) is 0 Å². The summed E-state index contributed by atoms with van der Waals surface area (Å²) in [7, 11) is 0. The molecule has 0 saturated carbocycles. The minimum absolute atomic E-state index is 0.205. The van der Waals surface area contributed by atoms with Crippen molar-refractivity contribution in [2.24, 2.45) is 0 Å². The Morgan fingerprint density at radius 1 is 1.29 bits per heavy atom. The number of aryl methyl sites for hydroxylation is 2. The van der Waals surface area contributed by atoms with Crippen LogP contribution >= 0.6 is 0 Å². The summed E-state index contributed by atoms with van der Waals surface area (Å²) < 4.78 is 6.70. The molecule has 1 N–H and O–H groups in total. The minimum atomic E-state index is 0.205. The van der Waals surface area contributed by atoms with Crippen LogP contribution in [0.4, 0.5) is 0 Å². The van der Waals surface area contributed by atoms with E-state index < -0.39 is 0 Å². The summed E-state index contributed by atoms with van der Waals surface area (Å²) in [6, 6.07) is 3.67. The zero-order valence-electron chi connectivity index (χ0n) is 9.08. The lowest BCUT2D eigenvalue weighted by Gasteiger charge is -2.10. The maximum Gasteiger partial charge on any atom is 0.203 e. The Bertz CT molecular complexity index is 586. The van der Waals surface area contributed by atoms with Crippen LogP contribution in [0.1, 0.15) is 5.56 Å². The van der Waals surface area contributed by atoms with E-state index in [0.29, 0.717) is 17.9 Å². The number of hydrogen-bond acceptors (Lipinski definition) is 4. The van der Waals surface area contributed by atoms with Crippen molar-refractivity contribution in [2.45, 2.75) is 13.0 Å². The van der Waals surface area contributed by atoms with Crippen LogP contribution in [0.3, 0.4) is 0 Å². The largest absolute Gasteiger partial charge is 0.494 e. The number of nitrogens with zero attached hydrogens (tertiary/aromatic N) is 3. The third-order valence-corrected chi connectivity index (χ3v) is 2.73. The number of rotatable bonds is 3. The average molecular weight is 229 g/mol. The fraction of sp³-hybridized carbons (Fsp3) is 0.167. The molecule has 3 rings (SSSR count). The van der Waals surface area contributed by atoms with E-state index in [9.17, 15) is 5.11 Å².